The van der Waals surface area contributed by atoms with Crippen molar-refractivity contribution >= 4 is 5.97 Å². The van der Waals surface area contributed by atoms with Gasteiger partial charge in [0, 0.05) is 18.0 Å². The van der Waals surface area contributed by atoms with Crippen molar-refractivity contribution in [2.45, 2.75) is 71.1 Å². The second-order valence-electron chi connectivity index (χ2n) is 7.72. The van der Waals surface area contributed by atoms with E-state index in [9.17, 15) is 9.18 Å². The second kappa shape index (κ2) is 7.19. The van der Waals surface area contributed by atoms with Gasteiger partial charge in [0.15, 0.2) is 0 Å². The Balaban J connectivity index is 2.25. The zero-order valence-corrected chi connectivity index (χ0v) is 15.3. The third-order valence-corrected chi connectivity index (χ3v) is 4.59. The minimum Gasteiger partial charge on any atom is -0.463 e. The van der Waals surface area contributed by atoms with Crippen LogP contribution in [0.15, 0.2) is 24.3 Å². The summed E-state index contributed by atoms with van der Waals surface area (Å²) < 4.78 is 18.4. The molecule has 1 aromatic rings. The van der Waals surface area contributed by atoms with Crippen LogP contribution in [0, 0.1) is 5.82 Å². The number of carbonyl (C=O) groups excluding carboxylic acids is 1. The number of benzene rings is 1. The van der Waals surface area contributed by atoms with E-state index in [1.807, 2.05) is 5.06 Å². The minimum atomic E-state index is -0.467. The Morgan fingerprint density at radius 1 is 1.17 bits per heavy atom. The van der Waals surface area contributed by atoms with Gasteiger partial charge in [-0.05, 0) is 64.7 Å². The van der Waals surface area contributed by atoms with Gasteiger partial charge in [-0.1, -0.05) is 12.1 Å². The number of rotatable bonds is 5. The van der Waals surface area contributed by atoms with Crippen LogP contribution in [0.25, 0.3) is 0 Å². The van der Waals surface area contributed by atoms with Crippen LogP contribution in [0.5, 0.6) is 0 Å². The quantitative estimate of drug-likeness (QED) is 0.746. The monoisotopic (exact) mass is 337 g/mol. The van der Waals surface area contributed by atoms with E-state index in [0.29, 0.717) is 0 Å². The average Bonchev–Trinajstić information content (AvgIpc) is 2.46. The molecule has 1 aliphatic rings. The molecule has 0 bridgehead atoms. The van der Waals surface area contributed by atoms with Crippen LogP contribution in [0.3, 0.4) is 0 Å². The molecule has 0 radical (unpaired) electrons. The lowest BCUT2D eigenvalue weighted by molar-refractivity contribution is -0.311. The first kappa shape index (κ1) is 18.9. The lowest BCUT2D eigenvalue weighted by Gasteiger charge is -2.52. The zero-order chi connectivity index (χ0) is 18.0. The fraction of sp³-hybridized carbons (Fsp3) is 0.632. The molecule has 134 valence electrons. The van der Waals surface area contributed by atoms with Gasteiger partial charge in [0.2, 0.25) is 0 Å². The molecular weight excluding hydrogens is 309 g/mol. The molecule has 1 heterocycles. The third-order valence-electron chi connectivity index (χ3n) is 4.59. The molecule has 0 aliphatic carbocycles. The van der Waals surface area contributed by atoms with E-state index in [2.05, 4.69) is 27.7 Å². The summed E-state index contributed by atoms with van der Waals surface area (Å²) in [6.45, 7) is 10.1. The van der Waals surface area contributed by atoms with E-state index in [1.165, 1.54) is 19.1 Å². The molecule has 0 unspecified atom stereocenters. The van der Waals surface area contributed by atoms with Crippen LogP contribution < -0.4 is 0 Å². The first-order valence-corrected chi connectivity index (χ1v) is 8.48. The maximum absolute atomic E-state index is 13.2. The molecule has 1 fully saturated rings. The number of carbonyl (C=O) groups is 1. The first-order chi connectivity index (χ1) is 11.1. The Bertz CT molecular complexity index is 552. The van der Waals surface area contributed by atoms with Crippen LogP contribution in [-0.4, -0.2) is 28.7 Å². The Hall–Kier alpha value is -1.46. The highest BCUT2D eigenvalue weighted by atomic mass is 19.1. The summed E-state index contributed by atoms with van der Waals surface area (Å²) >= 11 is 0. The van der Waals surface area contributed by atoms with Crippen molar-refractivity contribution in [3.8, 4) is 0 Å². The molecule has 0 spiro atoms. The molecule has 1 aliphatic heterocycles. The van der Waals surface area contributed by atoms with E-state index in [-0.39, 0.29) is 29.5 Å². The summed E-state index contributed by atoms with van der Waals surface area (Å²) in [6.07, 6.45) is 2.73. The molecule has 0 N–H and O–H groups in total. The van der Waals surface area contributed by atoms with Gasteiger partial charge >= 0.3 is 5.97 Å². The first-order valence-electron chi connectivity index (χ1n) is 8.48. The fourth-order valence-electron chi connectivity index (χ4n) is 3.45. The number of piperidine rings is 1. The van der Waals surface area contributed by atoms with Gasteiger partial charge in [-0.25, -0.2) is 4.39 Å². The second-order valence-corrected chi connectivity index (χ2v) is 7.72. The predicted octanol–water partition coefficient (Wildman–Crippen LogP) is 4.40. The van der Waals surface area contributed by atoms with E-state index in [1.54, 1.807) is 12.1 Å². The summed E-state index contributed by atoms with van der Waals surface area (Å²) in [5, 5.41) is 2.03. The van der Waals surface area contributed by atoms with Gasteiger partial charge in [0.25, 0.3) is 0 Å². The van der Waals surface area contributed by atoms with Crippen molar-refractivity contribution < 1.29 is 18.8 Å². The topological polar surface area (TPSA) is 38.8 Å². The molecule has 0 aromatic heterocycles. The highest BCUT2D eigenvalue weighted by Crippen LogP contribution is 2.40. The molecular formula is C19H28FNO3. The van der Waals surface area contributed by atoms with Gasteiger partial charge in [-0.3, -0.25) is 9.63 Å². The van der Waals surface area contributed by atoms with E-state index in [0.717, 1.165) is 24.8 Å². The molecule has 4 nitrogen and oxygen atoms in total. The van der Waals surface area contributed by atoms with Crippen LogP contribution in [-0.2, 0) is 14.4 Å². The summed E-state index contributed by atoms with van der Waals surface area (Å²) in [7, 11) is 0. The van der Waals surface area contributed by atoms with Gasteiger partial charge in [-0.15, -0.1) is 0 Å². The zero-order valence-electron chi connectivity index (χ0n) is 15.3. The normalized spacial score (nSPS) is 21.2. The Morgan fingerprint density at radius 3 is 2.21 bits per heavy atom. The SMILES string of the molecule is CC(=O)OC[C@H](ON1C(C)(C)CCCC1(C)C)c1ccc(F)cc1. The van der Waals surface area contributed by atoms with Gasteiger partial charge < -0.3 is 4.74 Å². The summed E-state index contributed by atoms with van der Waals surface area (Å²) in [6, 6.07) is 6.14. The van der Waals surface area contributed by atoms with Crippen LogP contribution in [0.4, 0.5) is 4.39 Å². The average molecular weight is 337 g/mol. The summed E-state index contributed by atoms with van der Waals surface area (Å²) in [5.41, 5.74) is 0.529. The van der Waals surface area contributed by atoms with Crippen molar-refractivity contribution in [2.24, 2.45) is 0 Å². The smallest absolute Gasteiger partial charge is 0.302 e. The van der Waals surface area contributed by atoms with Crippen LogP contribution >= 0.6 is 0 Å². The van der Waals surface area contributed by atoms with Crippen LogP contribution in [0.1, 0.15) is 65.5 Å². The van der Waals surface area contributed by atoms with Crippen molar-refractivity contribution in [3.63, 3.8) is 0 Å². The van der Waals surface area contributed by atoms with Gasteiger partial charge in [-0.2, -0.15) is 5.06 Å². The maximum Gasteiger partial charge on any atom is 0.302 e. The molecule has 0 saturated carbocycles. The highest BCUT2D eigenvalue weighted by Gasteiger charge is 2.43. The molecule has 0 amide bonds. The highest BCUT2D eigenvalue weighted by molar-refractivity contribution is 5.65. The van der Waals surface area contributed by atoms with E-state index in [4.69, 9.17) is 9.57 Å². The third kappa shape index (κ3) is 4.54. The van der Waals surface area contributed by atoms with E-state index < -0.39 is 6.10 Å². The molecule has 1 aromatic carbocycles. The van der Waals surface area contributed by atoms with Gasteiger partial charge in [0.1, 0.15) is 18.5 Å². The molecule has 1 saturated heterocycles. The number of halogens is 1. The van der Waals surface area contributed by atoms with Crippen molar-refractivity contribution in [1.29, 1.82) is 0 Å². The molecule has 24 heavy (non-hydrogen) atoms. The van der Waals surface area contributed by atoms with Crippen molar-refractivity contribution in [3.05, 3.63) is 35.6 Å². The Morgan fingerprint density at radius 2 is 1.71 bits per heavy atom. The number of nitrogens with zero attached hydrogens (tertiary/aromatic N) is 1. The number of esters is 1. The van der Waals surface area contributed by atoms with Crippen molar-refractivity contribution in [1.82, 2.24) is 5.06 Å². The Kier molecular flexibility index (Phi) is 5.66. The van der Waals surface area contributed by atoms with E-state index >= 15 is 0 Å². The lowest BCUT2D eigenvalue weighted by Crippen LogP contribution is -2.58. The van der Waals surface area contributed by atoms with Gasteiger partial charge in [0.05, 0.1) is 0 Å². The van der Waals surface area contributed by atoms with Crippen molar-refractivity contribution in [2.75, 3.05) is 6.61 Å². The molecule has 1 atom stereocenters. The standard InChI is InChI=1S/C19H28FNO3/c1-14(22)23-13-17(15-7-9-16(20)10-8-15)24-21-18(2,3)11-6-12-19(21,4)5/h7-10,17H,6,11-13H2,1-5H3/t17-/m0/s1. The Labute approximate surface area is 143 Å². The summed E-state index contributed by atoms with van der Waals surface area (Å²) in [5.74, 6) is -0.661. The largest absolute Gasteiger partial charge is 0.463 e. The number of hydrogen-bond acceptors (Lipinski definition) is 4. The van der Waals surface area contributed by atoms with Crippen LogP contribution in [0.2, 0.25) is 0 Å². The number of hydroxylamine groups is 2. The maximum atomic E-state index is 13.2. The number of ether oxygens (including phenoxy) is 1. The summed E-state index contributed by atoms with van der Waals surface area (Å²) in [4.78, 5) is 17.6. The fourth-order valence-corrected chi connectivity index (χ4v) is 3.45. The molecule has 2 rings (SSSR count). The number of hydrogen-bond donors (Lipinski definition) is 0. The minimum absolute atomic E-state index is 0.101. The molecule has 5 heteroatoms. The lowest BCUT2D eigenvalue weighted by atomic mass is 9.82. The predicted molar refractivity (Wildman–Crippen MR) is 90.7 cm³/mol.